The van der Waals surface area contributed by atoms with Crippen molar-refractivity contribution in [2.75, 3.05) is 69.0 Å². The summed E-state index contributed by atoms with van der Waals surface area (Å²) >= 11 is 0. The van der Waals surface area contributed by atoms with Gasteiger partial charge in [0.2, 0.25) is 0 Å². The smallest absolute Gasteiger partial charge is 0.342 e. The number of phenolic OH excluding ortho intramolecular Hbond substituents is 1. The third-order valence-corrected chi connectivity index (χ3v) is 9.50. The number of anilines is 2. The first-order valence-corrected chi connectivity index (χ1v) is 18.5. The molecule has 0 spiro atoms. The van der Waals surface area contributed by atoms with Crippen molar-refractivity contribution in [1.29, 1.82) is 0 Å². The lowest BCUT2D eigenvalue weighted by Gasteiger charge is -2.32. The molecule has 0 aliphatic carbocycles. The van der Waals surface area contributed by atoms with E-state index >= 15 is 0 Å². The zero-order chi connectivity index (χ0) is 33.7. The Morgan fingerprint density at radius 1 is 0.771 bits per heavy atom. The molecule has 3 heterocycles. The predicted molar refractivity (Wildman–Crippen MR) is 190 cm³/mol. The van der Waals surface area contributed by atoms with E-state index in [4.69, 9.17) is 23.7 Å². The number of nitrogens with zero attached hydrogens (tertiary/aromatic N) is 2. The number of aromatic hydroxyl groups is 1. The van der Waals surface area contributed by atoms with Crippen LogP contribution in [0.2, 0.25) is 0 Å². The fourth-order valence-corrected chi connectivity index (χ4v) is 6.58. The molecule has 0 saturated carbocycles. The third-order valence-electron chi connectivity index (χ3n) is 9.50. The maximum Gasteiger partial charge on any atom is 0.342 e. The maximum absolute atomic E-state index is 13.2. The number of ether oxygens (including phenoxy) is 5. The molecule has 0 aromatic heterocycles. The molecular weight excluding hydrogens is 608 g/mol. The average molecular weight is 667 g/mol. The van der Waals surface area contributed by atoms with Crippen LogP contribution in [0.15, 0.2) is 30.3 Å². The van der Waals surface area contributed by atoms with Crippen LogP contribution in [-0.2, 0) is 18.9 Å². The van der Waals surface area contributed by atoms with Gasteiger partial charge in [0, 0.05) is 37.6 Å². The van der Waals surface area contributed by atoms with Crippen LogP contribution in [0.3, 0.4) is 0 Å². The molecule has 0 bridgehead atoms. The Labute approximate surface area is 287 Å². The zero-order valence-electron chi connectivity index (χ0n) is 29.6. The summed E-state index contributed by atoms with van der Waals surface area (Å²) in [5, 5.41) is 10.5. The van der Waals surface area contributed by atoms with Crippen LogP contribution in [0.1, 0.15) is 99.0 Å². The van der Waals surface area contributed by atoms with Crippen molar-refractivity contribution < 1.29 is 33.6 Å². The Balaban J connectivity index is 1.11. The van der Waals surface area contributed by atoms with Crippen molar-refractivity contribution in [3.05, 3.63) is 47.0 Å². The summed E-state index contributed by atoms with van der Waals surface area (Å²) in [5.41, 5.74) is 5.14. The van der Waals surface area contributed by atoms with Gasteiger partial charge >= 0.3 is 5.97 Å². The van der Waals surface area contributed by atoms with Gasteiger partial charge in [0.05, 0.1) is 51.3 Å². The Morgan fingerprint density at radius 3 is 1.96 bits per heavy atom. The number of para-hydroxylation sites is 1. The van der Waals surface area contributed by atoms with Crippen LogP contribution >= 0.6 is 0 Å². The van der Waals surface area contributed by atoms with Gasteiger partial charge in [-0.15, -0.1) is 0 Å². The van der Waals surface area contributed by atoms with Crippen LogP contribution < -0.4 is 14.5 Å². The Hall–Kier alpha value is -3.01. The van der Waals surface area contributed by atoms with Crippen molar-refractivity contribution >= 4 is 17.3 Å². The van der Waals surface area contributed by atoms with Gasteiger partial charge < -0.3 is 38.6 Å². The summed E-state index contributed by atoms with van der Waals surface area (Å²) in [4.78, 5) is 18.0. The minimum absolute atomic E-state index is 0.0338. The summed E-state index contributed by atoms with van der Waals surface area (Å²) in [7, 11) is 0. The summed E-state index contributed by atoms with van der Waals surface area (Å²) in [6.45, 7) is 13.0. The van der Waals surface area contributed by atoms with Crippen LogP contribution in [-0.4, -0.2) is 88.6 Å². The van der Waals surface area contributed by atoms with E-state index < -0.39 is 5.97 Å². The second-order valence-corrected chi connectivity index (χ2v) is 13.8. The predicted octanol–water partition coefficient (Wildman–Crippen LogP) is 7.37. The number of carbonyl (C=O) groups excluding carboxylic acids is 1. The van der Waals surface area contributed by atoms with Crippen LogP contribution in [0.25, 0.3) is 0 Å². The first kappa shape index (κ1) is 36.3. The van der Waals surface area contributed by atoms with Gasteiger partial charge in [-0.2, -0.15) is 0 Å². The van der Waals surface area contributed by atoms with E-state index in [9.17, 15) is 9.90 Å². The molecule has 5 rings (SSSR count). The number of aryl methyl sites for hydroxylation is 1. The van der Waals surface area contributed by atoms with Crippen molar-refractivity contribution in [3.63, 3.8) is 0 Å². The lowest BCUT2D eigenvalue weighted by Crippen LogP contribution is -2.34. The molecule has 9 heteroatoms. The summed E-state index contributed by atoms with van der Waals surface area (Å²) in [6, 6.07) is 9.29. The number of phenols is 1. The highest BCUT2D eigenvalue weighted by atomic mass is 16.6. The number of hydrogen-bond acceptors (Lipinski definition) is 9. The molecule has 1 N–H and O–H groups in total. The largest absolute Gasteiger partial charge is 0.504 e. The molecule has 0 radical (unpaired) electrons. The van der Waals surface area contributed by atoms with Crippen molar-refractivity contribution in [1.82, 2.24) is 0 Å². The normalized spacial score (nSPS) is 19.2. The zero-order valence-corrected chi connectivity index (χ0v) is 29.6. The SMILES string of the molecule is CCCCCCCCCCCCOc1c(O)cccc1C(=O)OCCCN(CC1CO1)c1c(C)ccc(N(CC2CO2)CC2CO2)c1C. The van der Waals surface area contributed by atoms with Gasteiger partial charge in [-0.05, 0) is 56.0 Å². The third kappa shape index (κ3) is 11.6. The monoisotopic (exact) mass is 666 g/mol. The average Bonchev–Trinajstić information content (AvgIpc) is 3.92. The number of esters is 1. The lowest BCUT2D eigenvalue weighted by molar-refractivity contribution is 0.0496. The van der Waals surface area contributed by atoms with E-state index in [1.807, 2.05) is 0 Å². The number of benzene rings is 2. The van der Waals surface area contributed by atoms with Gasteiger partial charge in [0.25, 0.3) is 0 Å². The van der Waals surface area contributed by atoms with Crippen molar-refractivity contribution in [2.24, 2.45) is 0 Å². The molecule has 2 aromatic rings. The Kier molecular flexibility index (Phi) is 14.1. The fraction of sp³-hybridized carbons (Fsp3) is 0.667. The number of unbranched alkanes of at least 4 members (excludes halogenated alkanes) is 9. The molecule has 2 aromatic carbocycles. The highest BCUT2D eigenvalue weighted by Crippen LogP contribution is 2.36. The molecule has 266 valence electrons. The molecule has 3 aliphatic heterocycles. The van der Waals surface area contributed by atoms with Gasteiger partial charge in [-0.3, -0.25) is 0 Å². The van der Waals surface area contributed by atoms with E-state index in [0.29, 0.717) is 13.0 Å². The summed E-state index contributed by atoms with van der Waals surface area (Å²) < 4.78 is 28.5. The molecule has 3 aliphatic rings. The van der Waals surface area contributed by atoms with E-state index in [1.54, 1.807) is 18.2 Å². The quantitative estimate of drug-likeness (QED) is 0.0662. The summed E-state index contributed by atoms with van der Waals surface area (Å²) in [6.07, 6.45) is 13.8. The number of epoxide rings is 3. The number of carbonyl (C=O) groups is 1. The number of hydrogen-bond donors (Lipinski definition) is 1. The van der Waals surface area contributed by atoms with E-state index in [1.165, 1.54) is 73.9 Å². The molecule has 48 heavy (non-hydrogen) atoms. The maximum atomic E-state index is 13.2. The topological polar surface area (TPSA) is 99.8 Å². The number of rotatable bonds is 25. The molecule has 3 fully saturated rings. The molecule has 3 saturated heterocycles. The van der Waals surface area contributed by atoms with Gasteiger partial charge in [-0.25, -0.2) is 4.79 Å². The van der Waals surface area contributed by atoms with Crippen LogP contribution in [0.5, 0.6) is 11.5 Å². The van der Waals surface area contributed by atoms with E-state index in [2.05, 4.69) is 42.7 Å². The standard InChI is InChI=1S/C39H58N2O7/c1-4-5-6-7-8-9-10-11-12-13-21-44-38-34(16-14-17-36(38)42)39(43)45-22-15-20-40(23-31-26-46-31)37-29(2)18-19-35(30(37)3)41(24-32-27-47-32)25-33-28-48-33/h14,16-19,31-33,42H,4-13,15,20-28H2,1-3H3. The van der Waals surface area contributed by atoms with Crippen molar-refractivity contribution in [3.8, 4) is 11.5 Å². The molecule has 3 atom stereocenters. The lowest BCUT2D eigenvalue weighted by atomic mass is 10.0. The molecule has 0 amide bonds. The summed E-state index contributed by atoms with van der Waals surface area (Å²) in [5.74, 6) is -0.295. The highest BCUT2D eigenvalue weighted by molar-refractivity contribution is 5.93. The molecular formula is C39H58N2O7. The van der Waals surface area contributed by atoms with Gasteiger partial charge in [0.1, 0.15) is 5.56 Å². The van der Waals surface area contributed by atoms with E-state index in [-0.39, 0.29) is 42.0 Å². The Bertz CT molecular complexity index is 1280. The van der Waals surface area contributed by atoms with Crippen molar-refractivity contribution in [2.45, 2.75) is 110 Å². The molecule has 3 unspecified atom stereocenters. The minimum atomic E-state index is -0.476. The first-order chi connectivity index (χ1) is 23.4. The van der Waals surface area contributed by atoms with Crippen LogP contribution in [0.4, 0.5) is 11.4 Å². The first-order valence-electron chi connectivity index (χ1n) is 18.5. The van der Waals surface area contributed by atoms with Crippen LogP contribution in [0, 0.1) is 13.8 Å². The minimum Gasteiger partial charge on any atom is -0.504 e. The second-order valence-electron chi connectivity index (χ2n) is 13.8. The molecule has 9 nitrogen and oxygen atoms in total. The van der Waals surface area contributed by atoms with Gasteiger partial charge in [-0.1, -0.05) is 76.8 Å². The second kappa shape index (κ2) is 18.7. The van der Waals surface area contributed by atoms with E-state index in [0.717, 1.165) is 58.8 Å². The van der Waals surface area contributed by atoms with Gasteiger partial charge in [0.15, 0.2) is 11.5 Å². The Morgan fingerprint density at radius 2 is 1.35 bits per heavy atom. The fourth-order valence-electron chi connectivity index (χ4n) is 6.58. The highest BCUT2D eigenvalue weighted by Gasteiger charge is 2.33.